The predicted molar refractivity (Wildman–Crippen MR) is 100 cm³/mol. The summed E-state index contributed by atoms with van der Waals surface area (Å²) < 4.78 is 6.81. The normalized spacial score (nSPS) is 15.8. The summed E-state index contributed by atoms with van der Waals surface area (Å²) in [6.45, 7) is 8.22. The second-order valence-electron chi connectivity index (χ2n) is 7.13. The van der Waals surface area contributed by atoms with Crippen LogP contribution in [0.4, 0.5) is 5.82 Å². The van der Waals surface area contributed by atoms with Gasteiger partial charge in [0.15, 0.2) is 11.8 Å². The fourth-order valence-electron chi connectivity index (χ4n) is 2.69. The molecule has 9 heteroatoms. The van der Waals surface area contributed by atoms with Crippen LogP contribution in [0.3, 0.4) is 0 Å². The molecule has 144 valence electrons. The lowest BCUT2D eigenvalue weighted by molar-refractivity contribution is -0.153. The van der Waals surface area contributed by atoms with Gasteiger partial charge < -0.3 is 24.4 Å². The van der Waals surface area contributed by atoms with Gasteiger partial charge >= 0.3 is 5.97 Å². The monoisotopic (exact) mass is 364 g/mol. The lowest BCUT2D eigenvalue weighted by Crippen LogP contribution is -2.54. The Kier molecular flexibility index (Phi) is 6.23. The summed E-state index contributed by atoms with van der Waals surface area (Å²) in [4.78, 5) is 36.5. The molecule has 1 N–H and O–H groups in total. The fraction of sp³-hybridized carbons (Fsp3) is 0.647. The maximum absolute atomic E-state index is 12.2. The molecular weight excluding hydrogens is 336 g/mol. The van der Waals surface area contributed by atoms with Crippen molar-refractivity contribution < 1.29 is 9.53 Å². The van der Waals surface area contributed by atoms with Gasteiger partial charge in [-0.1, -0.05) is 0 Å². The van der Waals surface area contributed by atoms with Crippen LogP contribution in [0, 0.1) is 0 Å². The Hall–Kier alpha value is -2.58. The van der Waals surface area contributed by atoms with Crippen LogP contribution in [0.25, 0.3) is 0 Å². The topological polar surface area (TPSA) is 92.1 Å². The molecule has 0 aromatic carbocycles. The highest BCUT2D eigenvalue weighted by molar-refractivity contribution is 5.84. The first-order chi connectivity index (χ1) is 12.2. The summed E-state index contributed by atoms with van der Waals surface area (Å²) >= 11 is 0. The summed E-state index contributed by atoms with van der Waals surface area (Å²) in [5.41, 5.74) is -0.614. The molecule has 0 bridgehead atoms. The molecule has 0 saturated carbocycles. The third-order valence-electron chi connectivity index (χ3n) is 3.90. The molecule has 1 aromatic heterocycles. The molecule has 26 heavy (non-hydrogen) atoms. The zero-order valence-electron chi connectivity index (χ0n) is 16.2. The molecule has 1 aliphatic rings. The van der Waals surface area contributed by atoms with Gasteiger partial charge in [-0.15, -0.1) is 0 Å². The minimum atomic E-state index is -0.511. The van der Waals surface area contributed by atoms with Crippen molar-refractivity contribution in [1.29, 1.82) is 0 Å². The molecule has 1 aliphatic heterocycles. The largest absolute Gasteiger partial charge is 0.459 e. The third kappa shape index (κ3) is 5.21. The van der Waals surface area contributed by atoms with Crippen molar-refractivity contribution in [2.24, 2.45) is 12.0 Å². The average molecular weight is 364 g/mol. The van der Waals surface area contributed by atoms with Crippen LogP contribution in [-0.2, 0) is 16.6 Å². The molecule has 0 aliphatic carbocycles. The van der Waals surface area contributed by atoms with E-state index in [0.29, 0.717) is 38.0 Å². The number of hydrogen-bond donors (Lipinski definition) is 1. The van der Waals surface area contributed by atoms with Crippen LogP contribution >= 0.6 is 0 Å². The molecular formula is C17H28N6O3. The number of hydrogen-bond acceptors (Lipinski definition) is 6. The second kappa shape index (κ2) is 8.20. The van der Waals surface area contributed by atoms with Crippen molar-refractivity contribution in [2.45, 2.75) is 26.4 Å². The van der Waals surface area contributed by atoms with Gasteiger partial charge in [0.2, 0.25) is 0 Å². The van der Waals surface area contributed by atoms with E-state index < -0.39 is 5.60 Å². The molecule has 1 saturated heterocycles. The number of nitrogens with zero attached hydrogens (tertiary/aromatic N) is 5. The third-order valence-corrected chi connectivity index (χ3v) is 3.90. The van der Waals surface area contributed by atoms with Crippen LogP contribution in [-0.4, -0.2) is 71.8 Å². The number of aryl methyl sites for hydroxylation is 1. The first-order valence-corrected chi connectivity index (χ1v) is 8.65. The number of esters is 1. The summed E-state index contributed by atoms with van der Waals surface area (Å²) in [5.74, 6) is 0.782. The van der Waals surface area contributed by atoms with Crippen molar-refractivity contribution in [3.05, 3.63) is 22.7 Å². The Balaban J connectivity index is 1.90. The maximum atomic E-state index is 12.2. The number of carbonyl (C=O) groups excluding carboxylic acids is 1. The highest BCUT2D eigenvalue weighted by atomic mass is 16.6. The molecule has 1 aromatic rings. The predicted octanol–water partition coefficient (Wildman–Crippen LogP) is -0.181. The Morgan fingerprint density at radius 2 is 1.96 bits per heavy atom. The molecule has 0 amide bonds. The van der Waals surface area contributed by atoms with Crippen molar-refractivity contribution in [2.75, 3.05) is 44.7 Å². The van der Waals surface area contributed by atoms with Crippen LogP contribution in [0.1, 0.15) is 20.8 Å². The minimum absolute atomic E-state index is 0.0605. The van der Waals surface area contributed by atoms with Crippen molar-refractivity contribution in [3.63, 3.8) is 0 Å². The molecule has 0 radical (unpaired) electrons. The quantitative estimate of drug-likeness (QED) is 0.452. The standard InChI is InChI=1S/C17H28N6O3/c1-17(2,3)26-13(24)12-20-16(18-4)23-10-8-22(9-11-23)14-15(25)21(5)7-6-19-14/h6-7H,8-12H2,1-5H3,(H,18,20). The van der Waals surface area contributed by atoms with E-state index in [1.807, 2.05) is 30.6 Å². The first kappa shape index (κ1) is 19.7. The lowest BCUT2D eigenvalue weighted by atomic mass is 10.2. The second-order valence-corrected chi connectivity index (χ2v) is 7.13. The highest BCUT2D eigenvalue weighted by Gasteiger charge is 2.23. The van der Waals surface area contributed by atoms with Gasteiger partial charge in [0.05, 0.1) is 0 Å². The summed E-state index contributed by atoms with van der Waals surface area (Å²) in [6.07, 6.45) is 3.27. The van der Waals surface area contributed by atoms with E-state index in [-0.39, 0.29) is 18.1 Å². The highest BCUT2D eigenvalue weighted by Crippen LogP contribution is 2.09. The number of guanidine groups is 1. The van der Waals surface area contributed by atoms with E-state index in [2.05, 4.69) is 15.3 Å². The number of piperazine rings is 1. The molecule has 1 fully saturated rings. The lowest BCUT2D eigenvalue weighted by Gasteiger charge is -2.36. The summed E-state index contributed by atoms with van der Waals surface area (Å²) in [7, 11) is 3.39. The number of anilines is 1. The zero-order chi connectivity index (χ0) is 19.3. The number of ether oxygens (including phenoxy) is 1. The molecule has 2 heterocycles. The SMILES string of the molecule is CN=C(NCC(=O)OC(C)(C)C)N1CCN(c2nccn(C)c2=O)CC1. The van der Waals surface area contributed by atoms with Crippen molar-refractivity contribution >= 4 is 17.7 Å². The molecule has 0 spiro atoms. The smallest absolute Gasteiger partial charge is 0.325 e. The maximum Gasteiger partial charge on any atom is 0.325 e. The Labute approximate surface area is 153 Å². The Morgan fingerprint density at radius 1 is 1.31 bits per heavy atom. The Morgan fingerprint density at radius 3 is 2.54 bits per heavy atom. The zero-order valence-corrected chi connectivity index (χ0v) is 16.2. The summed E-state index contributed by atoms with van der Waals surface area (Å²) in [5, 5.41) is 3.04. The van der Waals surface area contributed by atoms with Gasteiger partial charge in [-0.05, 0) is 20.8 Å². The van der Waals surface area contributed by atoms with E-state index in [1.54, 1.807) is 26.5 Å². The number of rotatable bonds is 3. The average Bonchev–Trinajstić information content (AvgIpc) is 2.57. The van der Waals surface area contributed by atoms with Gasteiger partial charge in [0, 0.05) is 52.7 Å². The number of aliphatic imine (C=N–C) groups is 1. The van der Waals surface area contributed by atoms with E-state index in [1.165, 1.54) is 4.57 Å². The number of carbonyl (C=O) groups is 1. The fourth-order valence-corrected chi connectivity index (χ4v) is 2.69. The van der Waals surface area contributed by atoms with Crippen molar-refractivity contribution in [1.82, 2.24) is 19.8 Å². The molecule has 2 rings (SSSR count). The van der Waals surface area contributed by atoms with E-state index in [9.17, 15) is 9.59 Å². The van der Waals surface area contributed by atoms with E-state index >= 15 is 0 Å². The molecule has 9 nitrogen and oxygen atoms in total. The minimum Gasteiger partial charge on any atom is -0.459 e. The number of aromatic nitrogens is 2. The van der Waals surface area contributed by atoms with Crippen LogP contribution in [0.2, 0.25) is 0 Å². The van der Waals surface area contributed by atoms with Gasteiger partial charge in [-0.3, -0.25) is 14.6 Å². The van der Waals surface area contributed by atoms with Gasteiger partial charge in [0.25, 0.3) is 5.56 Å². The van der Waals surface area contributed by atoms with Gasteiger partial charge in [-0.2, -0.15) is 0 Å². The van der Waals surface area contributed by atoms with E-state index in [4.69, 9.17) is 4.74 Å². The first-order valence-electron chi connectivity index (χ1n) is 8.65. The van der Waals surface area contributed by atoms with Gasteiger partial charge in [0.1, 0.15) is 12.1 Å². The van der Waals surface area contributed by atoms with Crippen LogP contribution in [0.15, 0.2) is 22.2 Å². The summed E-state index contributed by atoms with van der Waals surface area (Å²) in [6, 6.07) is 0. The van der Waals surface area contributed by atoms with Crippen molar-refractivity contribution in [3.8, 4) is 0 Å². The molecule has 0 unspecified atom stereocenters. The van der Waals surface area contributed by atoms with Crippen LogP contribution < -0.4 is 15.8 Å². The van der Waals surface area contributed by atoms with Gasteiger partial charge in [-0.25, -0.2) is 4.98 Å². The van der Waals surface area contributed by atoms with E-state index in [0.717, 1.165) is 0 Å². The van der Waals surface area contributed by atoms with Crippen LogP contribution in [0.5, 0.6) is 0 Å². The Bertz CT molecular complexity index is 714. The number of nitrogens with one attached hydrogen (secondary N) is 1. The molecule has 0 atom stereocenters.